The molecule has 2 N–H and O–H groups in total. The van der Waals surface area contributed by atoms with Gasteiger partial charge in [0, 0.05) is 41.9 Å². The van der Waals surface area contributed by atoms with E-state index in [0.717, 1.165) is 41.2 Å². The summed E-state index contributed by atoms with van der Waals surface area (Å²) in [5, 5.41) is 0. The number of methoxy groups -OCH3 is 1. The van der Waals surface area contributed by atoms with Crippen molar-refractivity contribution in [3.63, 3.8) is 0 Å². The first kappa shape index (κ1) is 19.5. The topological polar surface area (TPSA) is 77.7 Å². The number of nitrogens with zero attached hydrogens (tertiary/aromatic N) is 2. The molecule has 0 saturated carbocycles. The fourth-order valence-electron chi connectivity index (χ4n) is 4.33. The maximum absolute atomic E-state index is 14.3. The van der Waals surface area contributed by atoms with Crippen molar-refractivity contribution in [2.24, 2.45) is 5.73 Å². The first-order valence-corrected chi connectivity index (χ1v) is 10.2. The highest BCUT2D eigenvalue weighted by molar-refractivity contribution is 5.98. The molecule has 2 aromatic carbocycles. The Labute approximate surface area is 179 Å². The molecular weight excluding hydrogens is 397 g/mol. The second kappa shape index (κ2) is 7.67. The molecule has 3 aromatic rings. The van der Waals surface area contributed by atoms with Crippen LogP contribution < -0.4 is 15.4 Å². The molecule has 1 fully saturated rings. The van der Waals surface area contributed by atoms with Gasteiger partial charge in [-0.05, 0) is 47.5 Å². The highest BCUT2D eigenvalue weighted by Crippen LogP contribution is 2.40. The number of carbonyl (C=O) groups is 1. The number of anilines is 1. The van der Waals surface area contributed by atoms with Crippen molar-refractivity contribution in [2.75, 3.05) is 38.3 Å². The van der Waals surface area contributed by atoms with Crippen molar-refractivity contribution >= 4 is 11.6 Å². The van der Waals surface area contributed by atoms with E-state index in [9.17, 15) is 9.18 Å². The summed E-state index contributed by atoms with van der Waals surface area (Å²) in [6, 6.07) is 12.5. The summed E-state index contributed by atoms with van der Waals surface area (Å²) in [6.07, 6.45) is 0.589. The fraction of sp³-hybridized carbons (Fsp3) is 0.250. The molecular formula is C24H22FN3O3. The Hall–Kier alpha value is -3.45. The van der Waals surface area contributed by atoms with Gasteiger partial charge in [0.05, 0.1) is 31.7 Å². The van der Waals surface area contributed by atoms with E-state index in [1.165, 1.54) is 13.2 Å². The average Bonchev–Trinajstić information content (AvgIpc) is 3.16. The summed E-state index contributed by atoms with van der Waals surface area (Å²) in [7, 11) is 1.42. The number of amides is 1. The molecule has 158 valence electrons. The lowest BCUT2D eigenvalue weighted by Crippen LogP contribution is -2.36. The molecule has 0 radical (unpaired) electrons. The molecule has 1 aromatic heterocycles. The molecule has 1 aliphatic heterocycles. The number of primary amides is 1. The van der Waals surface area contributed by atoms with E-state index in [-0.39, 0.29) is 5.75 Å². The number of pyridine rings is 1. The maximum atomic E-state index is 14.3. The normalized spacial score (nSPS) is 14.8. The van der Waals surface area contributed by atoms with Crippen molar-refractivity contribution in [3.8, 4) is 28.3 Å². The average molecular weight is 419 g/mol. The maximum Gasteiger partial charge on any atom is 0.249 e. The molecule has 1 aliphatic carbocycles. The summed E-state index contributed by atoms with van der Waals surface area (Å²) in [5.74, 6) is -0.852. The molecule has 6 nitrogen and oxygen atoms in total. The number of morpholine rings is 1. The Balaban J connectivity index is 1.59. The van der Waals surface area contributed by atoms with E-state index in [1.807, 2.05) is 6.07 Å². The van der Waals surface area contributed by atoms with E-state index in [0.29, 0.717) is 36.5 Å². The quantitative estimate of drug-likeness (QED) is 0.549. The number of nitrogens with two attached hydrogens (primary N) is 1. The zero-order valence-electron chi connectivity index (χ0n) is 17.2. The third-order valence-electron chi connectivity index (χ3n) is 5.92. The molecule has 0 atom stereocenters. The zero-order chi connectivity index (χ0) is 21.5. The van der Waals surface area contributed by atoms with Gasteiger partial charge in [0.1, 0.15) is 0 Å². The van der Waals surface area contributed by atoms with Gasteiger partial charge in [-0.15, -0.1) is 0 Å². The molecule has 5 rings (SSSR count). The number of halogens is 1. The Morgan fingerprint density at radius 2 is 1.97 bits per heavy atom. The van der Waals surface area contributed by atoms with Gasteiger partial charge in [-0.1, -0.05) is 6.07 Å². The highest BCUT2D eigenvalue weighted by Gasteiger charge is 2.27. The predicted octanol–water partition coefficient (Wildman–Crippen LogP) is 3.40. The molecule has 0 spiro atoms. The largest absolute Gasteiger partial charge is 0.494 e. The highest BCUT2D eigenvalue weighted by atomic mass is 19.1. The number of carbonyl (C=O) groups excluding carboxylic acids is 1. The molecule has 0 bridgehead atoms. The van der Waals surface area contributed by atoms with Gasteiger partial charge in [-0.3, -0.25) is 4.79 Å². The van der Waals surface area contributed by atoms with E-state index in [2.05, 4.69) is 17.0 Å². The number of hydrogen-bond donors (Lipinski definition) is 1. The van der Waals surface area contributed by atoms with E-state index < -0.39 is 11.7 Å². The molecule has 2 aliphatic rings. The third kappa shape index (κ3) is 3.41. The van der Waals surface area contributed by atoms with Gasteiger partial charge in [-0.25, -0.2) is 9.37 Å². The van der Waals surface area contributed by atoms with Crippen LogP contribution >= 0.6 is 0 Å². The van der Waals surface area contributed by atoms with Crippen LogP contribution in [0.15, 0.2) is 42.5 Å². The lowest BCUT2D eigenvalue weighted by molar-refractivity contribution is 0.0999. The fourth-order valence-corrected chi connectivity index (χ4v) is 4.33. The standard InChI is InChI=1S/C24H22FN3O3/c1-30-22-5-2-14(12-20(22)25)21-13-19(24(26)29)18-11-15-10-16(28-6-8-31-9-7-28)3-4-17(15)23(18)27-21/h2-5,10,12-13H,6-9,11H2,1H3,(H2,26,29). The molecule has 7 heteroatoms. The number of ether oxygens (including phenoxy) is 2. The van der Waals surface area contributed by atoms with Gasteiger partial charge in [-0.2, -0.15) is 0 Å². The minimum Gasteiger partial charge on any atom is -0.494 e. The Bertz CT molecular complexity index is 1190. The summed E-state index contributed by atoms with van der Waals surface area (Å²) >= 11 is 0. The third-order valence-corrected chi connectivity index (χ3v) is 5.92. The van der Waals surface area contributed by atoms with Gasteiger partial charge in [0.2, 0.25) is 5.91 Å². The van der Waals surface area contributed by atoms with E-state index >= 15 is 0 Å². The molecule has 2 heterocycles. The summed E-state index contributed by atoms with van der Waals surface area (Å²) in [6.45, 7) is 3.13. The van der Waals surface area contributed by atoms with Crippen LogP contribution in [0.25, 0.3) is 22.5 Å². The number of rotatable bonds is 4. The van der Waals surface area contributed by atoms with E-state index in [4.69, 9.17) is 20.2 Å². The lowest BCUT2D eigenvalue weighted by atomic mass is 10.0. The number of aromatic nitrogens is 1. The molecule has 1 saturated heterocycles. The second-order valence-corrected chi connectivity index (χ2v) is 7.71. The van der Waals surface area contributed by atoms with Crippen LogP contribution in [0.3, 0.4) is 0 Å². The summed E-state index contributed by atoms with van der Waals surface area (Å²) < 4.78 is 24.7. The second-order valence-electron chi connectivity index (χ2n) is 7.71. The lowest BCUT2D eigenvalue weighted by Gasteiger charge is -2.29. The van der Waals surface area contributed by atoms with Crippen molar-refractivity contribution in [1.29, 1.82) is 0 Å². The predicted molar refractivity (Wildman–Crippen MR) is 116 cm³/mol. The van der Waals surface area contributed by atoms with Crippen LogP contribution in [0.1, 0.15) is 21.5 Å². The molecule has 0 unspecified atom stereocenters. The van der Waals surface area contributed by atoms with Crippen LogP contribution in [0, 0.1) is 5.82 Å². The van der Waals surface area contributed by atoms with Crippen molar-refractivity contribution in [1.82, 2.24) is 4.98 Å². The molecule has 31 heavy (non-hydrogen) atoms. The van der Waals surface area contributed by atoms with Gasteiger partial charge < -0.3 is 20.1 Å². The monoisotopic (exact) mass is 419 g/mol. The Morgan fingerprint density at radius 1 is 1.16 bits per heavy atom. The SMILES string of the molecule is COc1ccc(-c2cc(C(N)=O)c3c(n2)-c2ccc(N4CCOCC4)cc2C3)cc1F. The van der Waals surface area contributed by atoms with Gasteiger partial charge >= 0.3 is 0 Å². The van der Waals surface area contributed by atoms with Gasteiger partial charge in [0.25, 0.3) is 0 Å². The minimum absolute atomic E-state index is 0.154. The first-order valence-electron chi connectivity index (χ1n) is 10.2. The van der Waals surface area contributed by atoms with Crippen LogP contribution in [0.5, 0.6) is 5.75 Å². The number of benzene rings is 2. The van der Waals surface area contributed by atoms with Crippen molar-refractivity contribution in [3.05, 3.63) is 65.0 Å². The molecule has 1 amide bonds. The van der Waals surface area contributed by atoms with Crippen molar-refractivity contribution in [2.45, 2.75) is 6.42 Å². The Kier molecular flexibility index (Phi) is 4.82. The minimum atomic E-state index is -0.518. The van der Waals surface area contributed by atoms with Crippen molar-refractivity contribution < 1.29 is 18.7 Å². The summed E-state index contributed by atoms with van der Waals surface area (Å²) in [4.78, 5) is 19.3. The van der Waals surface area contributed by atoms with Crippen LogP contribution in [0.4, 0.5) is 10.1 Å². The summed E-state index contributed by atoms with van der Waals surface area (Å²) in [5.41, 5.74) is 11.9. The first-order chi connectivity index (χ1) is 15.0. The number of fused-ring (bicyclic) bond motifs is 3. The van der Waals surface area contributed by atoms with E-state index in [1.54, 1.807) is 18.2 Å². The van der Waals surface area contributed by atoms with Gasteiger partial charge in [0.15, 0.2) is 11.6 Å². The Morgan fingerprint density at radius 3 is 2.68 bits per heavy atom. The zero-order valence-corrected chi connectivity index (χ0v) is 17.2. The van der Waals surface area contributed by atoms with Crippen LogP contribution in [-0.2, 0) is 11.2 Å². The smallest absolute Gasteiger partial charge is 0.249 e. The van der Waals surface area contributed by atoms with Crippen LogP contribution in [0.2, 0.25) is 0 Å². The number of hydrogen-bond acceptors (Lipinski definition) is 5. The van der Waals surface area contributed by atoms with Crippen LogP contribution in [-0.4, -0.2) is 44.3 Å².